The van der Waals surface area contributed by atoms with Gasteiger partial charge in [-0.1, -0.05) is 30.3 Å². The van der Waals surface area contributed by atoms with Gasteiger partial charge < -0.3 is 4.74 Å². The van der Waals surface area contributed by atoms with E-state index in [1.165, 1.54) is 16.3 Å². The third-order valence-corrected chi connectivity index (χ3v) is 4.00. The quantitative estimate of drug-likeness (QED) is 0.873. The van der Waals surface area contributed by atoms with E-state index in [0.717, 1.165) is 13.1 Å². The van der Waals surface area contributed by atoms with E-state index in [1.807, 2.05) is 18.2 Å². The van der Waals surface area contributed by atoms with Gasteiger partial charge >= 0.3 is 5.69 Å². The molecule has 0 spiro atoms. The van der Waals surface area contributed by atoms with Crippen molar-refractivity contribution in [3.8, 4) is 6.07 Å². The summed E-state index contributed by atoms with van der Waals surface area (Å²) < 4.78 is 7.06. The van der Waals surface area contributed by atoms with Crippen LogP contribution in [0, 0.1) is 11.3 Å². The first-order valence-corrected chi connectivity index (χ1v) is 7.77. The highest BCUT2D eigenvalue weighted by atomic mass is 16.5. The summed E-state index contributed by atoms with van der Waals surface area (Å²) in [7, 11) is 0. The van der Waals surface area contributed by atoms with Crippen molar-refractivity contribution in [2.75, 3.05) is 19.7 Å². The molecule has 1 aromatic heterocycles. The zero-order chi connectivity index (χ0) is 16.9. The van der Waals surface area contributed by atoms with Gasteiger partial charge in [-0.25, -0.2) is 4.79 Å². The highest BCUT2D eigenvalue weighted by molar-refractivity contribution is 5.21. The Labute approximate surface area is 138 Å². The van der Waals surface area contributed by atoms with Crippen molar-refractivity contribution in [1.82, 2.24) is 14.5 Å². The highest BCUT2D eigenvalue weighted by Crippen LogP contribution is 2.11. The maximum atomic E-state index is 11.9. The van der Waals surface area contributed by atoms with Crippen molar-refractivity contribution in [1.29, 1.82) is 5.26 Å². The molecule has 0 aliphatic carbocycles. The number of nitriles is 1. The summed E-state index contributed by atoms with van der Waals surface area (Å²) in [4.78, 5) is 27.8. The van der Waals surface area contributed by atoms with E-state index in [-0.39, 0.29) is 11.7 Å². The zero-order valence-electron chi connectivity index (χ0n) is 13.1. The van der Waals surface area contributed by atoms with Crippen molar-refractivity contribution in [2.45, 2.75) is 19.2 Å². The molecule has 0 unspecified atom stereocenters. The monoisotopic (exact) mass is 326 g/mol. The van der Waals surface area contributed by atoms with Gasteiger partial charge in [-0.3, -0.25) is 19.2 Å². The summed E-state index contributed by atoms with van der Waals surface area (Å²) in [6, 6.07) is 12.0. The predicted octanol–water partition coefficient (Wildman–Crippen LogP) is 0.309. The molecule has 1 aliphatic rings. The van der Waals surface area contributed by atoms with Gasteiger partial charge in [0.05, 0.1) is 19.3 Å². The fourth-order valence-corrected chi connectivity index (χ4v) is 2.82. The van der Waals surface area contributed by atoms with Crippen LogP contribution in [0.1, 0.15) is 11.1 Å². The Morgan fingerprint density at radius 2 is 2.08 bits per heavy atom. The first-order chi connectivity index (χ1) is 11.7. The molecule has 0 bridgehead atoms. The number of morpholine rings is 1. The lowest BCUT2D eigenvalue weighted by molar-refractivity contribution is -0.0393. The van der Waals surface area contributed by atoms with Crippen LogP contribution in [0.3, 0.4) is 0 Å². The van der Waals surface area contributed by atoms with Crippen molar-refractivity contribution >= 4 is 0 Å². The molecule has 124 valence electrons. The number of hydrogen-bond acceptors (Lipinski definition) is 5. The van der Waals surface area contributed by atoms with Crippen LogP contribution < -0.4 is 11.2 Å². The van der Waals surface area contributed by atoms with E-state index < -0.39 is 11.2 Å². The van der Waals surface area contributed by atoms with Crippen LogP contribution in [0.5, 0.6) is 0 Å². The van der Waals surface area contributed by atoms with E-state index in [0.29, 0.717) is 19.7 Å². The van der Waals surface area contributed by atoms with Crippen molar-refractivity contribution < 1.29 is 4.74 Å². The Kier molecular flexibility index (Phi) is 4.89. The molecule has 1 fully saturated rings. The van der Waals surface area contributed by atoms with Gasteiger partial charge in [0, 0.05) is 25.8 Å². The van der Waals surface area contributed by atoms with Crippen LogP contribution >= 0.6 is 0 Å². The highest BCUT2D eigenvalue weighted by Gasteiger charge is 2.21. The summed E-state index contributed by atoms with van der Waals surface area (Å²) in [6.45, 7) is 3.22. The summed E-state index contributed by atoms with van der Waals surface area (Å²) in [5.74, 6) is 0. The van der Waals surface area contributed by atoms with E-state index in [1.54, 1.807) is 6.07 Å². The second-order valence-electron chi connectivity index (χ2n) is 5.78. The number of aromatic nitrogens is 2. The molecule has 1 aliphatic heterocycles. The minimum atomic E-state index is -0.658. The van der Waals surface area contributed by atoms with Gasteiger partial charge in [-0.15, -0.1) is 0 Å². The van der Waals surface area contributed by atoms with Gasteiger partial charge in [-0.2, -0.15) is 5.26 Å². The molecule has 7 heteroatoms. The summed E-state index contributed by atoms with van der Waals surface area (Å²) >= 11 is 0. The van der Waals surface area contributed by atoms with Crippen LogP contribution in [0.2, 0.25) is 0 Å². The third kappa shape index (κ3) is 3.79. The molecule has 0 saturated carbocycles. The molecule has 1 aromatic carbocycles. The maximum absolute atomic E-state index is 11.9. The number of benzene rings is 1. The topological polar surface area (TPSA) is 91.1 Å². The molecule has 1 saturated heterocycles. The summed E-state index contributed by atoms with van der Waals surface area (Å²) in [5, 5.41) is 8.92. The predicted molar refractivity (Wildman–Crippen MR) is 87.5 cm³/mol. The molecule has 0 amide bonds. The van der Waals surface area contributed by atoms with Crippen molar-refractivity contribution in [2.24, 2.45) is 0 Å². The molecule has 1 N–H and O–H groups in total. The van der Waals surface area contributed by atoms with Crippen LogP contribution in [-0.2, 0) is 17.8 Å². The molecular weight excluding hydrogens is 308 g/mol. The summed E-state index contributed by atoms with van der Waals surface area (Å²) in [5.41, 5.74) is -0.0329. The lowest BCUT2D eigenvalue weighted by Gasteiger charge is -2.33. The maximum Gasteiger partial charge on any atom is 0.328 e. The van der Waals surface area contributed by atoms with Gasteiger partial charge in [0.1, 0.15) is 11.6 Å². The number of hydrogen-bond donors (Lipinski definition) is 1. The Hall–Kier alpha value is -2.69. The molecule has 24 heavy (non-hydrogen) atoms. The Morgan fingerprint density at radius 3 is 2.83 bits per heavy atom. The molecule has 2 heterocycles. The number of nitrogens with zero attached hydrogens (tertiary/aromatic N) is 3. The lowest BCUT2D eigenvalue weighted by Crippen LogP contribution is -2.45. The van der Waals surface area contributed by atoms with Gasteiger partial charge in [0.15, 0.2) is 0 Å². The second kappa shape index (κ2) is 7.25. The first kappa shape index (κ1) is 16.2. The average Bonchev–Trinajstić information content (AvgIpc) is 2.58. The molecule has 2 aromatic rings. The first-order valence-electron chi connectivity index (χ1n) is 7.77. The summed E-state index contributed by atoms with van der Waals surface area (Å²) in [6.07, 6.45) is 1.12. The Morgan fingerprint density at radius 1 is 1.29 bits per heavy atom. The number of H-pyrrole nitrogens is 1. The van der Waals surface area contributed by atoms with E-state index >= 15 is 0 Å². The van der Waals surface area contributed by atoms with Gasteiger partial charge in [0.2, 0.25) is 0 Å². The smallest absolute Gasteiger partial charge is 0.328 e. The SMILES string of the molecule is N#Cc1cn(C[C@@H]2CN(Cc3ccccc3)CCO2)c(=O)[nH]c1=O. The van der Waals surface area contributed by atoms with Gasteiger partial charge in [0.25, 0.3) is 5.56 Å². The average molecular weight is 326 g/mol. The Balaban J connectivity index is 1.69. The van der Waals surface area contributed by atoms with E-state index in [9.17, 15) is 9.59 Å². The minimum Gasteiger partial charge on any atom is -0.374 e. The molecule has 0 radical (unpaired) electrons. The van der Waals surface area contributed by atoms with Crippen LogP contribution in [0.15, 0.2) is 46.1 Å². The normalized spacial score (nSPS) is 18.2. The molecule has 1 atom stereocenters. The lowest BCUT2D eigenvalue weighted by atomic mass is 10.2. The minimum absolute atomic E-state index is 0.0773. The van der Waals surface area contributed by atoms with Crippen LogP contribution in [-0.4, -0.2) is 40.3 Å². The largest absolute Gasteiger partial charge is 0.374 e. The van der Waals surface area contributed by atoms with Crippen molar-refractivity contribution in [3.63, 3.8) is 0 Å². The van der Waals surface area contributed by atoms with Crippen LogP contribution in [0.25, 0.3) is 0 Å². The molecular formula is C17H18N4O3. The zero-order valence-corrected chi connectivity index (χ0v) is 13.1. The molecule has 3 rings (SSSR count). The van der Waals surface area contributed by atoms with Crippen molar-refractivity contribution in [3.05, 3.63) is 68.5 Å². The molecule has 7 nitrogen and oxygen atoms in total. The number of ether oxygens (including phenoxy) is 1. The number of aromatic amines is 1. The fourth-order valence-electron chi connectivity index (χ4n) is 2.82. The van der Waals surface area contributed by atoms with E-state index in [2.05, 4.69) is 22.0 Å². The standard InChI is InChI=1S/C17H18N4O3/c18-8-14-10-21(17(23)19-16(14)22)12-15-11-20(6-7-24-15)9-13-4-2-1-3-5-13/h1-5,10,15H,6-7,9,11-12H2,(H,19,22,23)/t15-/m0/s1. The number of rotatable bonds is 4. The number of nitrogens with one attached hydrogen (secondary N) is 1. The Bertz CT molecular complexity index is 851. The van der Waals surface area contributed by atoms with Crippen LogP contribution in [0.4, 0.5) is 0 Å². The fraction of sp³-hybridized carbons (Fsp3) is 0.353. The second-order valence-corrected chi connectivity index (χ2v) is 5.78. The van der Waals surface area contributed by atoms with E-state index in [4.69, 9.17) is 10.00 Å². The third-order valence-electron chi connectivity index (χ3n) is 4.00. The van der Waals surface area contributed by atoms with Gasteiger partial charge in [-0.05, 0) is 5.56 Å².